The molecule has 1 atom stereocenters. The Bertz CT molecular complexity index is 274. The van der Waals surface area contributed by atoms with E-state index in [9.17, 15) is 0 Å². The molecule has 3 heteroatoms. The van der Waals surface area contributed by atoms with Crippen LogP contribution in [0.15, 0.2) is 12.7 Å². The van der Waals surface area contributed by atoms with Crippen molar-refractivity contribution in [2.45, 2.75) is 58.5 Å². The van der Waals surface area contributed by atoms with Crippen LogP contribution in [0.1, 0.15) is 47.0 Å². The molecule has 0 radical (unpaired) electrons. The van der Waals surface area contributed by atoms with Crippen molar-refractivity contribution in [1.29, 1.82) is 0 Å². The van der Waals surface area contributed by atoms with Gasteiger partial charge in [0.25, 0.3) is 0 Å². The molecule has 0 amide bonds. The van der Waals surface area contributed by atoms with Crippen LogP contribution in [0.3, 0.4) is 0 Å². The van der Waals surface area contributed by atoms with Gasteiger partial charge in [-0.2, -0.15) is 0 Å². The second-order valence-corrected chi connectivity index (χ2v) is 6.34. The minimum atomic E-state index is 0.298. The van der Waals surface area contributed by atoms with Gasteiger partial charge in [0.1, 0.15) is 0 Å². The number of ether oxygens (including phenoxy) is 1. The Labute approximate surface area is 125 Å². The molecule has 3 nitrogen and oxygen atoms in total. The fourth-order valence-electron chi connectivity index (χ4n) is 3.09. The fraction of sp³-hybridized carbons (Fsp3) is 0.882. The first kappa shape index (κ1) is 17.7. The monoisotopic (exact) mass is 282 g/mol. The summed E-state index contributed by atoms with van der Waals surface area (Å²) < 4.78 is 5.71. The summed E-state index contributed by atoms with van der Waals surface area (Å²) in [5, 5.41) is 3.81. The topological polar surface area (TPSA) is 24.5 Å². The molecular formula is C17H34N2O. The average Bonchev–Trinajstić information content (AvgIpc) is 2.46. The highest BCUT2D eigenvalue weighted by Crippen LogP contribution is 2.25. The molecule has 0 bridgehead atoms. The molecule has 0 spiro atoms. The van der Waals surface area contributed by atoms with E-state index in [-0.39, 0.29) is 0 Å². The van der Waals surface area contributed by atoms with E-state index in [0.29, 0.717) is 17.5 Å². The second-order valence-electron chi connectivity index (χ2n) is 6.34. The van der Waals surface area contributed by atoms with Gasteiger partial charge in [0.15, 0.2) is 0 Å². The highest BCUT2D eigenvalue weighted by atomic mass is 16.5. The number of piperazine rings is 1. The molecular weight excluding hydrogens is 248 g/mol. The van der Waals surface area contributed by atoms with Crippen molar-refractivity contribution in [2.75, 3.05) is 32.8 Å². The normalized spacial score (nSPS) is 23.1. The minimum Gasteiger partial charge on any atom is -0.380 e. The zero-order valence-corrected chi connectivity index (χ0v) is 14.0. The Kier molecular flexibility index (Phi) is 7.78. The summed E-state index contributed by atoms with van der Waals surface area (Å²) >= 11 is 0. The lowest BCUT2D eigenvalue weighted by Gasteiger charge is -2.49. The second kappa shape index (κ2) is 8.81. The Morgan fingerprint density at radius 3 is 2.60 bits per heavy atom. The molecule has 0 aromatic heterocycles. The zero-order chi connectivity index (χ0) is 15.0. The lowest BCUT2D eigenvalue weighted by atomic mass is 9.86. The molecule has 0 aliphatic carbocycles. The largest absolute Gasteiger partial charge is 0.380 e. The molecule has 118 valence electrons. The van der Waals surface area contributed by atoms with Crippen LogP contribution >= 0.6 is 0 Å². The van der Waals surface area contributed by atoms with E-state index in [0.717, 1.165) is 39.3 Å². The van der Waals surface area contributed by atoms with Crippen molar-refractivity contribution in [3.05, 3.63) is 12.7 Å². The van der Waals surface area contributed by atoms with E-state index in [1.165, 1.54) is 12.8 Å². The van der Waals surface area contributed by atoms with Crippen LogP contribution in [0.5, 0.6) is 0 Å². The van der Waals surface area contributed by atoms with Gasteiger partial charge in [0.05, 0.1) is 13.2 Å². The Morgan fingerprint density at radius 1 is 1.35 bits per heavy atom. The van der Waals surface area contributed by atoms with E-state index in [4.69, 9.17) is 4.74 Å². The van der Waals surface area contributed by atoms with Crippen molar-refractivity contribution in [3.8, 4) is 0 Å². The highest BCUT2D eigenvalue weighted by molar-refractivity contribution is 4.97. The van der Waals surface area contributed by atoms with Gasteiger partial charge >= 0.3 is 0 Å². The molecule has 1 N–H and O–H groups in total. The molecule has 1 heterocycles. The first-order chi connectivity index (χ1) is 9.58. The molecule has 1 rings (SSSR count). The van der Waals surface area contributed by atoms with E-state index in [2.05, 4.69) is 44.5 Å². The first-order valence-corrected chi connectivity index (χ1v) is 8.26. The number of hydrogen-bond acceptors (Lipinski definition) is 3. The number of rotatable bonds is 9. The van der Waals surface area contributed by atoms with E-state index >= 15 is 0 Å². The van der Waals surface area contributed by atoms with Crippen molar-refractivity contribution in [2.24, 2.45) is 5.92 Å². The van der Waals surface area contributed by atoms with E-state index in [1.54, 1.807) is 0 Å². The summed E-state index contributed by atoms with van der Waals surface area (Å²) in [5.74, 6) is 0.683. The summed E-state index contributed by atoms with van der Waals surface area (Å²) in [7, 11) is 0. The van der Waals surface area contributed by atoms with Gasteiger partial charge in [-0.1, -0.05) is 33.8 Å². The summed E-state index contributed by atoms with van der Waals surface area (Å²) in [6, 6.07) is 0.629. The van der Waals surface area contributed by atoms with Gasteiger partial charge < -0.3 is 10.1 Å². The summed E-state index contributed by atoms with van der Waals surface area (Å²) in [6.45, 7) is 17.9. The number of nitrogens with zero attached hydrogens (tertiary/aromatic N) is 1. The van der Waals surface area contributed by atoms with Crippen LogP contribution in [0.2, 0.25) is 0 Å². The van der Waals surface area contributed by atoms with E-state index in [1.807, 2.05) is 6.08 Å². The van der Waals surface area contributed by atoms with E-state index < -0.39 is 0 Å². The van der Waals surface area contributed by atoms with Crippen LogP contribution in [0.4, 0.5) is 0 Å². The predicted octanol–water partition coefficient (Wildman–Crippen LogP) is 3.07. The van der Waals surface area contributed by atoms with Crippen LogP contribution in [0.25, 0.3) is 0 Å². The highest BCUT2D eigenvalue weighted by Gasteiger charge is 2.37. The standard InChI is InChI=1S/C17H34N2O/c1-6-9-11-20-12-10-19-14-17(7-2,8-3)18-13-16(19)15(4)5/h6,15-16,18H,1,7-14H2,2-5H3. The van der Waals surface area contributed by atoms with Gasteiger partial charge in [0.2, 0.25) is 0 Å². The number of nitrogens with one attached hydrogen (secondary N) is 1. The summed E-state index contributed by atoms with van der Waals surface area (Å²) in [5.41, 5.74) is 0.298. The van der Waals surface area contributed by atoms with Gasteiger partial charge in [-0.25, -0.2) is 0 Å². The van der Waals surface area contributed by atoms with Crippen LogP contribution in [0, 0.1) is 5.92 Å². The Morgan fingerprint density at radius 2 is 2.05 bits per heavy atom. The third kappa shape index (κ3) is 4.87. The van der Waals surface area contributed by atoms with Crippen LogP contribution < -0.4 is 5.32 Å². The maximum Gasteiger partial charge on any atom is 0.0593 e. The van der Waals surface area contributed by atoms with Crippen molar-refractivity contribution >= 4 is 0 Å². The molecule has 1 aliphatic rings. The van der Waals surface area contributed by atoms with Crippen molar-refractivity contribution in [3.63, 3.8) is 0 Å². The summed E-state index contributed by atoms with van der Waals surface area (Å²) in [6.07, 6.45) is 5.26. The van der Waals surface area contributed by atoms with Gasteiger partial charge in [0, 0.05) is 31.2 Å². The van der Waals surface area contributed by atoms with Gasteiger partial charge in [-0.15, -0.1) is 6.58 Å². The van der Waals surface area contributed by atoms with Gasteiger partial charge in [-0.3, -0.25) is 4.90 Å². The zero-order valence-electron chi connectivity index (χ0n) is 14.0. The third-order valence-corrected chi connectivity index (χ3v) is 4.77. The molecule has 1 unspecified atom stereocenters. The van der Waals surface area contributed by atoms with Crippen LogP contribution in [-0.2, 0) is 4.74 Å². The summed E-state index contributed by atoms with van der Waals surface area (Å²) in [4.78, 5) is 2.64. The maximum absolute atomic E-state index is 5.71. The quantitative estimate of drug-likeness (QED) is 0.519. The third-order valence-electron chi connectivity index (χ3n) is 4.77. The minimum absolute atomic E-state index is 0.298. The molecule has 0 aromatic rings. The molecule has 1 aliphatic heterocycles. The average molecular weight is 282 g/mol. The molecule has 1 fully saturated rings. The van der Waals surface area contributed by atoms with Crippen molar-refractivity contribution < 1.29 is 4.74 Å². The lowest BCUT2D eigenvalue weighted by molar-refractivity contribution is 0.0226. The van der Waals surface area contributed by atoms with Crippen LogP contribution in [-0.4, -0.2) is 49.3 Å². The lowest BCUT2D eigenvalue weighted by Crippen LogP contribution is -2.65. The molecule has 0 saturated carbocycles. The SMILES string of the molecule is C=CCCOCCN1CC(CC)(CC)NCC1C(C)C. The number of hydrogen-bond donors (Lipinski definition) is 1. The Balaban J connectivity index is 2.52. The fourth-order valence-corrected chi connectivity index (χ4v) is 3.09. The van der Waals surface area contributed by atoms with Gasteiger partial charge in [-0.05, 0) is 25.2 Å². The smallest absolute Gasteiger partial charge is 0.0593 e. The molecule has 0 aromatic carbocycles. The van der Waals surface area contributed by atoms with Crippen molar-refractivity contribution in [1.82, 2.24) is 10.2 Å². The maximum atomic E-state index is 5.71. The first-order valence-electron chi connectivity index (χ1n) is 8.26. The predicted molar refractivity (Wildman–Crippen MR) is 87.1 cm³/mol. The Hall–Kier alpha value is -0.380. The molecule has 1 saturated heterocycles. The molecule has 20 heavy (non-hydrogen) atoms.